The van der Waals surface area contributed by atoms with Crippen LogP contribution in [0.3, 0.4) is 0 Å². The highest BCUT2D eigenvalue weighted by molar-refractivity contribution is 5.76. The van der Waals surface area contributed by atoms with E-state index in [0.717, 1.165) is 11.1 Å². The Hall–Kier alpha value is -2.14. The van der Waals surface area contributed by atoms with Gasteiger partial charge in [0, 0.05) is 37.8 Å². The fraction of sp³-hybridized carbons (Fsp3) is 0.286. The Bertz CT molecular complexity index is 510. The number of aromatic amines is 1. The first kappa shape index (κ1) is 13.3. The molecule has 19 heavy (non-hydrogen) atoms. The van der Waals surface area contributed by atoms with Crippen LogP contribution < -0.4 is 5.73 Å². The van der Waals surface area contributed by atoms with Gasteiger partial charge in [0.15, 0.2) is 0 Å². The molecular formula is C14H18N4O. The Kier molecular flexibility index (Phi) is 4.30. The van der Waals surface area contributed by atoms with Crippen molar-refractivity contribution in [2.45, 2.75) is 19.0 Å². The quantitative estimate of drug-likeness (QED) is 0.852. The number of aromatic nitrogens is 2. The topological polar surface area (TPSA) is 75.0 Å². The van der Waals surface area contributed by atoms with E-state index in [4.69, 9.17) is 5.73 Å². The van der Waals surface area contributed by atoms with Crippen molar-refractivity contribution >= 4 is 5.91 Å². The number of nitrogens with one attached hydrogen (secondary N) is 1. The second-order valence-corrected chi connectivity index (χ2v) is 4.58. The Balaban J connectivity index is 1.90. The van der Waals surface area contributed by atoms with E-state index in [-0.39, 0.29) is 11.9 Å². The van der Waals surface area contributed by atoms with Gasteiger partial charge in [0.1, 0.15) is 0 Å². The summed E-state index contributed by atoms with van der Waals surface area (Å²) >= 11 is 0. The van der Waals surface area contributed by atoms with Crippen LogP contribution in [0, 0.1) is 0 Å². The first-order chi connectivity index (χ1) is 9.16. The van der Waals surface area contributed by atoms with Crippen molar-refractivity contribution in [3.63, 3.8) is 0 Å². The first-order valence-corrected chi connectivity index (χ1v) is 6.19. The average Bonchev–Trinajstić information content (AvgIpc) is 2.92. The summed E-state index contributed by atoms with van der Waals surface area (Å²) in [6, 6.07) is 9.40. The van der Waals surface area contributed by atoms with E-state index in [9.17, 15) is 4.79 Å². The Morgan fingerprint density at radius 3 is 2.79 bits per heavy atom. The summed E-state index contributed by atoms with van der Waals surface area (Å²) in [5, 5.41) is 6.58. The molecule has 0 saturated carbocycles. The number of benzene rings is 1. The molecule has 0 aliphatic heterocycles. The summed E-state index contributed by atoms with van der Waals surface area (Å²) in [6.07, 6.45) is 3.79. The Labute approximate surface area is 112 Å². The molecule has 0 bridgehead atoms. The average molecular weight is 258 g/mol. The fourth-order valence-electron chi connectivity index (χ4n) is 1.89. The molecule has 3 N–H and O–H groups in total. The van der Waals surface area contributed by atoms with E-state index < -0.39 is 0 Å². The lowest BCUT2D eigenvalue weighted by molar-refractivity contribution is -0.130. The molecule has 1 aromatic heterocycles. The molecule has 0 radical (unpaired) electrons. The van der Waals surface area contributed by atoms with Crippen molar-refractivity contribution in [3.8, 4) is 0 Å². The number of hydrogen-bond acceptors (Lipinski definition) is 3. The highest BCUT2D eigenvalue weighted by atomic mass is 16.2. The Morgan fingerprint density at radius 1 is 1.42 bits per heavy atom. The summed E-state index contributed by atoms with van der Waals surface area (Å²) in [7, 11) is 1.77. The van der Waals surface area contributed by atoms with E-state index in [1.807, 2.05) is 30.3 Å². The maximum absolute atomic E-state index is 12.1. The minimum Gasteiger partial charge on any atom is -0.341 e. The van der Waals surface area contributed by atoms with Gasteiger partial charge in [-0.2, -0.15) is 5.10 Å². The summed E-state index contributed by atoms with van der Waals surface area (Å²) in [5.74, 6) is 0.0255. The van der Waals surface area contributed by atoms with Crippen molar-refractivity contribution in [3.05, 3.63) is 53.9 Å². The van der Waals surface area contributed by atoms with Crippen LogP contribution in [0.1, 0.15) is 23.6 Å². The number of H-pyrrole nitrogens is 1. The molecule has 1 aromatic carbocycles. The first-order valence-electron chi connectivity index (χ1n) is 6.19. The molecule has 2 aromatic rings. The van der Waals surface area contributed by atoms with Crippen LogP contribution in [0.2, 0.25) is 0 Å². The van der Waals surface area contributed by atoms with Crippen molar-refractivity contribution in [1.82, 2.24) is 15.1 Å². The van der Waals surface area contributed by atoms with Gasteiger partial charge in [-0.05, 0) is 5.56 Å². The standard InChI is InChI=1S/C14H18N4O/c1-18(10-11-8-16-17-9-11)14(19)7-13(15)12-5-3-2-4-6-12/h2-6,8-9,13H,7,10,15H2,1H3,(H,16,17). The molecule has 1 amide bonds. The van der Waals surface area contributed by atoms with Gasteiger partial charge in [0.25, 0.3) is 0 Å². The minimum atomic E-state index is -0.263. The molecular weight excluding hydrogens is 240 g/mol. The normalized spacial score (nSPS) is 12.1. The zero-order chi connectivity index (χ0) is 13.7. The zero-order valence-corrected chi connectivity index (χ0v) is 10.9. The monoisotopic (exact) mass is 258 g/mol. The molecule has 1 unspecified atom stereocenters. The smallest absolute Gasteiger partial charge is 0.224 e. The number of rotatable bonds is 5. The molecule has 0 fully saturated rings. The van der Waals surface area contributed by atoms with Gasteiger partial charge >= 0.3 is 0 Å². The molecule has 0 aliphatic rings. The van der Waals surface area contributed by atoms with Crippen molar-refractivity contribution < 1.29 is 4.79 Å². The molecule has 0 aliphatic carbocycles. The summed E-state index contributed by atoms with van der Waals surface area (Å²) in [5.41, 5.74) is 8.00. The van der Waals surface area contributed by atoms with Crippen molar-refractivity contribution in [1.29, 1.82) is 0 Å². The molecule has 1 heterocycles. The van der Waals surface area contributed by atoms with Gasteiger partial charge in [0.05, 0.1) is 6.20 Å². The SMILES string of the molecule is CN(Cc1cn[nH]c1)C(=O)CC(N)c1ccccc1. The highest BCUT2D eigenvalue weighted by Gasteiger charge is 2.15. The lowest BCUT2D eigenvalue weighted by Gasteiger charge is -2.19. The van der Waals surface area contributed by atoms with Crippen LogP contribution >= 0.6 is 0 Å². The second-order valence-electron chi connectivity index (χ2n) is 4.58. The van der Waals surface area contributed by atoms with Crippen LogP contribution in [0.5, 0.6) is 0 Å². The molecule has 0 spiro atoms. The maximum Gasteiger partial charge on any atom is 0.224 e. The summed E-state index contributed by atoms with van der Waals surface area (Å²) in [4.78, 5) is 13.7. The molecule has 100 valence electrons. The summed E-state index contributed by atoms with van der Waals surface area (Å²) < 4.78 is 0. The summed E-state index contributed by atoms with van der Waals surface area (Å²) in [6.45, 7) is 0.539. The third kappa shape index (κ3) is 3.66. The van der Waals surface area contributed by atoms with E-state index in [1.165, 1.54) is 0 Å². The van der Waals surface area contributed by atoms with Gasteiger partial charge in [-0.3, -0.25) is 9.89 Å². The molecule has 5 heteroatoms. The predicted molar refractivity (Wildman–Crippen MR) is 73.0 cm³/mol. The van der Waals surface area contributed by atoms with Gasteiger partial charge < -0.3 is 10.6 Å². The third-order valence-electron chi connectivity index (χ3n) is 3.02. The largest absolute Gasteiger partial charge is 0.341 e. The van der Waals surface area contributed by atoms with Crippen LogP contribution in [0.4, 0.5) is 0 Å². The van der Waals surface area contributed by atoms with Gasteiger partial charge in [0.2, 0.25) is 5.91 Å². The van der Waals surface area contributed by atoms with Crippen molar-refractivity contribution in [2.75, 3.05) is 7.05 Å². The van der Waals surface area contributed by atoms with E-state index >= 15 is 0 Å². The molecule has 5 nitrogen and oxygen atoms in total. The zero-order valence-electron chi connectivity index (χ0n) is 10.9. The lowest BCUT2D eigenvalue weighted by Crippen LogP contribution is -2.29. The number of carbonyl (C=O) groups excluding carboxylic acids is 1. The number of nitrogens with zero attached hydrogens (tertiary/aromatic N) is 2. The number of hydrogen-bond donors (Lipinski definition) is 2. The predicted octanol–water partition coefficient (Wildman–Crippen LogP) is 1.46. The van der Waals surface area contributed by atoms with Crippen LogP contribution in [-0.2, 0) is 11.3 Å². The Morgan fingerprint density at radius 2 is 2.16 bits per heavy atom. The molecule has 0 saturated heterocycles. The van der Waals surface area contributed by atoms with Crippen LogP contribution in [0.25, 0.3) is 0 Å². The third-order valence-corrected chi connectivity index (χ3v) is 3.02. The van der Waals surface area contributed by atoms with Crippen LogP contribution in [0.15, 0.2) is 42.7 Å². The molecule has 2 rings (SSSR count). The van der Waals surface area contributed by atoms with Crippen LogP contribution in [-0.4, -0.2) is 28.1 Å². The fourth-order valence-corrected chi connectivity index (χ4v) is 1.89. The lowest BCUT2D eigenvalue weighted by atomic mass is 10.0. The highest BCUT2D eigenvalue weighted by Crippen LogP contribution is 2.15. The van der Waals surface area contributed by atoms with E-state index in [0.29, 0.717) is 13.0 Å². The maximum atomic E-state index is 12.1. The van der Waals surface area contributed by atoms with E-state index in [1.54, 1.807) is 24.3 Å². The minimum absolute atomic E-state index is 0.0255. The number of carbonyl (C=O) groups is 1. The van der Waals surface area contributed by atoms with Gasteiger partial charge in [-0.1, -0.05) is 30.3 Å². The van der Waals surface area contributed by atoms with Crippen molar-refractivity contribution in [2.24, 2.45) is 5.73 Å². The number of nitrogens with two attached hydrogens (primary N) is 1. The van der Waals surface area contributed by atoms with E-state index in [2.05, 4.69) is 10.2 Å². The van der Waals surface area contributed by atoms with Gasteiger partial charge in [-0.25, -0.2) is 0 Å². The second kappa shape index (κ2) is 6.15. The van der Waals surface area contributed by atoms with Gasteiger partial charge in [-0.15, -0.1) is 0 Å². The molecule has 1 atom stereocenters. The number of amides is 1.